The van der Waals surface area contributed by atoms with E-state index >= 15 is 0 Å². The number of rotatable bonds is 5. The summed E-state index contributed by atoms with van der Waals surface area (Å²) in [7, 11) is 0.190. The van der Waals surface area contributed by atoms with Gasteiger partial charge < -0.3 is 10.0 Å². The van der Waals surface area contributed by atoms with E-state index in [-0.39, 0.29) is 23.9 Å². The highest BCUT2D eigenvalue weighted by molar-refractivity contribution is 7.90. The fourth-order valence-corrected chi connectivity index (χ4v) is 3.79. The van der Waals surface area contributed by atoms with Crippen molar-refractivity contribution in [2.75, 3.05) is 32.1 Å². The van der Waals surface area contributed by atoms with Crippen molar-refractivity contribution >= 4 is 27.8 Å². The van der Waals surface area contributed by atoms with Gasteiger partial charge >= 0.3 is 0 Å². The molecule has 0 aromatic heterocycles. The summed E-state index contributed by atoms with van der Waals surface area (Å²) < 4.78 is 28.3. The molecule has 0 amide bonds. The normalized spacial score (nSPS) is 15.0. The van der Waals surface area contributed by atoms with Crippen LogP contribution in [0.4, 0.5) is 5.69 Å². The van der Waals surface area contributed by atoms with Crippen LogP contribution in [0, 0.1) is 0 Å². The van der Waals surface area contributed by atoms with Crippen molar-refractivity contribution in [3.63, 3.8) is 0 Å². The molecule has 1 N–H and O–H groups in total. The number of hydrazone groups is 1. The van der Waals surface area contributed by atoms with Crippen LogP contribution in [-0.4, -0.2) is 57.8 Å². The zero-order valence-electron chi connectivity index (χ0n) is 14.6. The number of sulfonamides is 1. The molecule has 0 aliphatic carbocycles. The van der Waals surface area contributed by atoms with Gasteiger partial charge in [0.25, 0.3) is 10.0 Å². The van der Waals surface area contributed by atoms with Crippen LogP contribution in [0.3, 0.4) is 0 Å². The molecule has 0 saturated heterocycles. The molecule has 26 heavy (non-hydrogen) atoms. The molecule has 0 saturated carbocycles. The summed E-state index contributed by atoms with van der Waals surface area (Å²) in [6.45, 7) is -0.0485. The van der Waals surface area contributed by atoms with E-state index in [0.717, 1.165) is 11.3 Å². The molecule has 3 rings (SSSR count). The summed E-state index contributed by atoms with van der Waals surface area (Å²) in [6.07, 6.45) is 1.62. The van der Waals surface area contributed by atoms with Crippen LogP contribution in [0.25, 0.3) is 0 Å². The Morgan fingerprint density at radius 3 is 2.46 bits per heavy atom. The fourth-order valence-electron chi connectivity index (χ4n) is 2.58. The average Bonchev–Trinajstić information content (AvgIpc) is 2.90. The van der Waals surface area contributed by atoms with Crippen molar-refractivity contribution in [2.24, 2.45) is 9.50 Å². The van der Waals surface area contributed by atoms with Gasteiger partial charge in [-0.05, 0) is 29.8 Å². The summed E-state index contributed by atoms with van der Waals surface area (Å²) in [5.74, 6) is 0.218. The van der Waals surface area contributed by atoms with Gasteiger partial charge in [0.05, 0.1) is 19.4 Å². The summed E-state index contributed by atoms with van der Waals surface area (Å²) in [5, 5.41) is 15.1. The van der Waals surface area contributed by atoms with Crippen molar-refractivity contribution in [3.8, 4) is 0 Å². The lowest BCUT2D eigenvalue weighted by Crippen LogP contribution is -2.28. The number of aliphatic hydroxyl groups is 1. The van der Waals surface area contributed by atoms with E-state index in [4.69, 9.17) is 0 Å². The first-order chi connectivity index (χ1) is 12.4. The number of benzene rings is 2. The fraction of sp³-hybridized carbons (Fsp3) is 0.222. The standard InChI is InChI=1S/C18H20N4O3S/c1-21(2)15-9-7-14(8-10-15)13-19-22(11-12-23)18-16-5-3-4-6-17(16)26(24,25)20-18/h3-10,13,23H,11-12H2,1-2H3/b19-13-. The first-order valence-corrected chi connectivity index (χ1v) is 9.50. The minimum absolute atomic E-state index is 0.134. The second-order valence-electron chi connectivity index (χ2n) is 5.96. The Morgan fingerprint density at radius 1 is 1.12 bits per heavy atom. The van der Waals surface area contributed by atoms with E-state index in [2.05, 4.69) is 9.50 Å². The van der Waals surface area contributed by atoms with Crippen LogP contribution < -0.4 is 4.90 Å². The van der Waals surface area contributed by atoms with Gasteiger partial charge in [-0.1, -0.05) is 24.3 Å². The van der Waals surface area contributed by atoms with Gasteiger partial charge in [0, 0.05) is 25.3 Å². The number of anilines is 1. The number of amidine groups is 1. The number of nitrogens with zero attached hydrogens (tertiary/aromatic N) is 4. The van der Waals surface area contributed by atoms with Gasteiger partial charge in [0.2, 0.25) is 0 Å². The summed E-state index contributed by atoms with van der Waals surface area (Å²) in [4.78, 5) is 2.15. The van der Waals surface area contributed by atoms with E-state index in [9.17, 15) is 13.5 Å². The van der Waals surface area contributed by atoms with Gasteiger partial charge in [-0.25, -0.2) is 5.01 Å². The molecule has 7 nitrogen and oxygen atoms in total. The average molecular weight is 372 g/mol. The lowest BCUT2D eigenvalue weighted by atomic mass is 10.2. The topological polar surface area (TPSA) is 85.6 Å². The Labute approximate surface area is 153 Å². The minimum atomic E-state index is -3.73. The smallest absolute Gasteiger partial charge is 0.285 e. The Morgan fingerprint density at radius 2 is 1.81 bits per heavy atom. The highest BCUT2D eigenvalue weighted by Gasteiger charge is 2.31. The van der Waals surface area contributed by atoms with E-state index < -0.39 is 10.0 Å². The van der Waals surface area contributed by atoms with Crippen LogP contribution in [0.15, 0.2) is 62.9 Å². The lowest BCUT2D eigenvalue weighted by molar-refractivity contribution is 0.254. The molecule has 1 aliphatic heterocycles. The van der Waals surface area contributed by atoms with E-state index in [1.807, 2.05) is 43.3 Å². The predicted octanol–water partition coefficient (Wildman–Crippen LogP) is 1.53. The third-order valence-electron chi connectivity index (χ3n) is 3.92. The van der Waals surface area contributed by atoms with Crippen LogP contribution in [0.1, 0.15) is 11.1 Å². The zero-order valence-corrected chi connectivity index (χ0v) is 15.4. The lowest BCUT2D eigenvalue weighted by Gasteiger charge is -2.17. The summed E-state index contributed by atoms with van der Waals surface area (Å²) >= 11 is 0. The van der Waals surface area contributed by atoms with Gasteiger partial charge in [0.1, 0.15) is 4.90 Å². The maximum atomic E-state index is 12.2. The maximum Gasteiger partial charge on any atom is 0.285 e. The second-order valence-corrected chi connectivity index (χ2v) is 7.54. The van der Waals surface area contributed by atoms with E-state index in [0.29, 0.717) is 5.56 Å². The molecular weight excluding hydrogens is 352 g/mol. The monoisotopic (exact) mass is 372 g/mol. The van der Waals surface area contributed by atoms with Crippen LogP contribution in [-0.2, 0) is 10.0 Å². The number of hydrogen-bond donors (Lipinski definition) is 1. The van der Waals surface area contributed by atoms with Crippen LogP contribution >= 0.6 is 0 Å². The molecule has 0 spiro atoms. The van der Waals surface area contributed by atoms with Gasteiger partial charge in [0.15, 0.2) is 5.84 Å². The quantitative estimate of drug-likeness (QED) is 0.635. The molecule has 0 radical (unpaired) electrons. The van der Waals surface area contributed by atoms with E-state index in [1.165, 1.54) is 11.1 Å². The summed E-state index contributed by atoms with van der Waals surface area (Å²) in [5.41, 5.74) is 2.41. The first kappa shape index (κ1) is 18.1. The van der Waals surface area contributed by atoms with Crippen molar-refractivity contribution < 1.29 is 13.5 Å². The molecule has 0 bridgehead atoms. The highest BCUT2D eigenvalue weighted by Crippen LogP contribution is 2.27. The Bertz CT molecular complexity index is 951. The number of fused-ring (bicyclic) bond motifs is 1. The third kappa shape index (κ3) is 3.61. The molecule has 0 unspecified atom stereocenters. The van der Waals surface area contributed by atoms with Crippen molar-refractivity contribution in [3.05, 3.63) is 59.7 Å². The molecule has 1 aliphatic rings. The minimum Gasteiger partial charge on any atom is -0.394 e. The van der Waals surface area contributed by atoms with Crippen molar-refractivity contribution in [1.82, 2.24) is 5.01 Å². The second kappa shape index (κ2) is 7.27. The van der Waals surface area contributed by atoms with Gasteiger partial charge in [-0.3, -0.25) is 0 Å². The molecule has 1 heterocycles. The van der Waals surface area contributed by atoms with E-state index in [1.54, 1.807) is 24.4 Å². The molecular formula is C18H20N4O3S. The van der Waals surface area contributed by atoms with Crippen LogP contribution in [0.2, 0.25) is 0 Å². The van der Waals surface area contributed by atoms with Crippen molar-refractivity contribution in [2.45, 2.75) is 4.90 Å². The number of aliphatic hydroxyl groups excluding tert-OH is 1. The van der Waals surface area contributed by atoms with Crippen molar-refractivity contribution in [1.29, 1.82) is 0 Å². The molecule has 2 aromatic rings. The van der Waals surface area contributed by atoms with Gasteiger partial charge in [-0.2, -0.15) is 13.5 Å². The largest absolute Gasteiger partial charge is 0.394 e. The maximum absolute atomic E-state index is 12.2. The third-order valence-corrected chi connectivity index (χ3v) is 5.25. The SMILES string of the molecule is CN(C)c1ccc(/C=N\N(CCO)C2=NS(=O)(=O)c3ccccc32)cc1. The van der Waals surface area contributed by atoms with Gasteiger partial charge in [-0.15, -0.1) is 4.40 Å². The van der Waals surface area contributed by atoms with Crippen LogP contribution in [0.5, 0.6) is 0 Å². The Hall–Kier alpha value is -2.71. The Kier molecular flexibility index (Phi) is 5.06. The highest BCUT2D eigenvalue weighted by atomic mass is 32.2. The Balaban J connectivity index is 1.91. The summed E-state index contributed by atoms with van der Waals surface area (Å²) in [6, 6.07) is 14.4. The molecule has 8 heteroatoms. The predicted molar refractivity (Wildman–Crippen MR) is 102 cm³/mol. The zero-order chi connectivity index (χ0) is 18.7. The molecule has 136 valence electrons. The molecule has 0 fully saturated rings. The molecule has 0 atom stereocenters. The number of hydrogen-bond acceptors (Lipinski definition) is 6. The molecule has 2 aromatic carbocycles. The first-order valence-electron chi connectivity index (χ1n) is 8.06.